The van der Waals surface area contributed by atoms with Gasteiger partial charge in [0, 0.05) is 23.4 Å². The van der Waals surface area contributed by atoms with E-state index in [1.54, 1.807) is 11.3 Å². The van der Waals surface area contributed by atoms with Crippen LogP contribution < -0.4 is 5.32 Å². The maximum Gasteiger partial charge on any atom is 0.101 e. The van der Waals surface area contributed by atoms with Gasteiger partial charge in [-0.25, -0.2) is 0 Å². The molecular formula is C13H14N2S. The van der Waals surface area contributed by atoms with Crippen LogP contribution in [0.5, 0.6) is 0 Å². The zero-order valence-corrected chi connectivity index (χ0v) is 9.89. The molecule has 1 aromatic carbocycles. The van der Waals surface area contributed by atoms with Crippen molar-refractivity contribution in [3.8, 4) is 0 Å². The maximum absolute atomic E-state index is 4.50. The van der Waals surface area contributed by atoms with E-state index in [1.807, 2.05) is 0 Å². The molecule has 0 unspecified atom stereocenters. The van der Waals surface area contributed by atoms with Gasteiger partial charge in [0.05, 0.1) is 0 Å². The van der Waals surface area contributed by atoms with Crippen LogP contribution in [0.3, 0.4) is 0 Å². The van der Waals surface area contributed by atoms with Crippen molar-refractivity contribution in [1.82, 2.24) is 0 Å². The van der Waals surface area contributed by atoms with E-state index < -0.39 is 0 Å². The van der Waals surface area contributed by atoms with E-state index in [1.165, 1.54) is 22.9 Å². The van der Waals surface area contributed by atoms with Gasteiger partial charge < -0.3 is 5.32 Å². The van der Waals surface area contributed by atoms with Gasteiger partial charge in [-0.15, -0.1) is 11.3 Å². The predicted octanol–water partition coefficient (Wildman–Crippen LogP) is 3.90. The van der Waals surface area contributed by atoms with E-state index in [4.69, 9.17) is 0 Å². The minimum Gasteiger partial charge on any atom is -0.344 e. The standard InChI is InChI=1S/C13H14N2S/c1-2-7-14-13(3-1)15-11-4-5-12-10(9-11)6-8-16-12/h4-6,8-9H,1-3,7H2,(H,14,15). The molecular weight excluding hydrogens is 216 g/mol. The lowest BCUT2D eigenvalue weighted by Crippen LogP contribution is -2.15. The number of hydrogen-bond acceptors (Lipinski definition) is 3. The zero-order chi connectivity index (χ0) is 10.8. The lowest BCUT2D eigenvalue weighted by Gasteiger charge is -2.13. The molecule has 1 N–H and O–H groups in total. The first-order valence-corrected chi connectivity index (χ1v) is 6.57. The summed E-state index contributed by atoms with van der Waals surface area (Å²) in [6.07, 6.45) is 3.57. The second kappa shape index (κ2) is 4.26. The number of amidine groups is 1. The van der Waals surface area contributed by atoms with Crippen molar-refractivity contribution in [2.24, 2.45) is 4.99 Å². The molecule has 2 heterocycles. The molecule has 0 fully saturated rings. The molecule has 1 aliphatic rings. The molecule has 3 heteroatoms. The molecule has 0 amide bonds. The van der Waals surface area contributed by atoms with Gasteiger partial charge in [0.25, 0.3) is 0 Å². The summed E-state index contributed by atoms with van der Waals surface area (Å²) in [7, 11) is 0. The Hall–Kier alpha value is -1.35. The Morgan fingerprint density at radius 2 is 2.19 bits per heavy atom. The molecule has 82 valence electrons. The highest BCUT2D eigenvalue weighted by Gasteiger charge is 2.05. The van der Waals surface area contributed by atoms with Crippen molar-refractivity contribution in [1.29, 1.82) is 0 Å². The van der Waals surface area contributed by atoms with Gasteiger partial charge in [0.15, 0.2) is 0 Å². The van der Waals surface area contributed by atoms with Crippen LogP contribution >= 0.6 is 11.3 Å². The Labute approximate surface area is 99.0 Å². The maximum atomic E-state index is 4.50. The van der Waals surface area contributed by atoms with E-state index in [9.17, 15) is 0 Å². The number of hydrogen-bond donors (Lipinski definition) is 1. The average molecular weight is 230 g/mol. The monoisotopic (exact) mass is 230 g/mol. The molecule has 0 atom stereocenters. The first-order chi connectivity index (χ1) is 7.92. The highest BCUT2D eigenvalue weighted by molar-refractivity contribution is 7.17. The number of nitrogens with zero attached hydrogens (tertiary/aromatic N) is 1. The summed E-state index contributed by atoms with van der Waals surface area (Å²) in [6.45, 7) is 0.975. The summed E-state index contributed by atoms with van der Waals surface area (Å²) < 4.78 is 1.34. The van der Waals surface area contributed by atoms with Crippen molar-refractivity contribution in [2.45, 2.75) is 19.3 Å². The van der Waals surface area contributed by atoms with Gasteiger partial charge in [0.1, 0.15) is 5.84 Å². The smallest absolute Gasteiger partial charge is 0.101 e. The zero-order valence-electron chi connectivity index (χ0n) is 9.07. The van der Waals surface area contributed by atoms with E-state index in [0.717, 1.165) is 24.5 Å². The third kappa shape index (κ3) is 1.95. The fourth-order valence-electron chi connectivity index (χ4n) is 2.01. The van der Waals surface area contributed by atoms with Crippen LogP contribution in [0.1, 0.15) is 19.3 Å². The van der Waals surface area contributed by atoms with Crippen LogP contribution in [0.2, 0.25) is 0 Å². The number of benzene rings is 1. The largest absolute Gasteiger partial charge is 0.344 e. The van der Waals surface area contributed by atoms with Gasteiger partial charge in [-0.05, 0) is 47.9 Å². The average Bonchev–Trinajstić information content (AvgIpc) is 2.77. The highest BCUT2D eigenvalue weighted by atomic mass is 32.1. The van der Waals surface area contributed by atoms with Crippen molar-refractivity contribution >= 4 is 32.9 Å². The van der Waals surface area contributed by atoms with Crippen LogP contribution in [0.15, 0.2) is 34.6 Å². The second-order valence-corrected chi connectivity index (χ2v) is 5.03. The van der Waals surface area contributed by atoms with Gasteiger partial charge in [-0.3, -0.25) is 4.99 Å². The van der Waals surface area contributed by atoms with E-state index in [-0.39, 0.29) is 0 Å². The van der Waals surface area contributed by atoms with Crippen LogP contribution in [0.25, 0.3) is 10.1 Å². The molecule has 0 spiro atoms. The molecule has 2 aromatic rings. The topological polar surface area (TPSA) is 24.4 Å². The molecule has 0 aliphatic carbocycles. The molecule has 2 nitrogen and oxygen atoms in total. The third-order valence-corrected chi connectivity index (χ3v) is 3.76. The van der Waals surface area contributed by atoms with Gasteiger partial charge >= 0.3 is 0 Å². The normalized spacial score (nSPS) is 16.1. The number of fused-ring (bicyclic) bond motifs is 1. The first kappa shape index (κ1) is 9.85. The minimum atomic E-state index is 0.975. The number of thiophene rings is 1. The van der Waals surface area contributed by atoms with E-state index in [2.05, 4.69) is 40.0 Å². The Morgan fingerprint density at radius 1 is 1.19 bits per heavy atom. The molecule has 1 aliphatic heterocycles. The Kier molecular flexibility index (Phi) is 2.62. The molecule has 1 aromatic heterocycles. The van der Waals surface area contributed by atoms with Crippen molar-refractivity contribution in [2.75, 3.05) is 11.9 Å². The fraction of sp³-hybridized carbons (Fsp3) is 0.308. The lowest BCUT2D eigenvalue weighted by atomic mass is 10.1. The highest BCUT2D eigenvalue weighted by Crippen LogP contribution is 2.24. The first-order valence-electron chi connectivity index (χ1n) is 5.69. The molecule has 0 bridgehead atoms. The molecule has 3 rings (SSSR count). The summed E-state index contributed by atoms with van der Waals surface area (Å²) >= 11 is 1.78. The summed E-state index contributed by atoms with van der Waals surface area (Å²) in [5.41, 5.74) is 1.16. The van der Waals surface area contributed by atoms with Crippen LogP contribution in [-0.4, -0.2) is 12.4 Å². The second-order valence-electron chi connectivity index (χ2n) is 4.08. The van der Waals surface area contributed by atoms with Crippen molar-refractivity contribution in [3.63, 3.8) is 0 Å². The summed E-state index contributed by atoms with van der Waals surface area (Å²) in [6, 6.07) is 8.67. The number of nitrogens with one attached hydrogen (secondary N) is 1. The van der Waals surface area contributed by atoms with Crippen LogP contribution in [-0.2, 0) is 0 Å². The van der Waals surface area contributed by atoms with E-state index >= 15 is 0 Å². The van der Waals surface area contributed by atoms with Crippen LogP contribution in [0, 0.1) is 0 Å². The SMILES string of the molecule is c1cc2cc(NC3=NCCCC3)ccc2s1. The lowest BCUT2D eigenvalue weighted by molar-refractivity contribution is 0.737. The third-order valence-electron chi connectivity index (χ3n) is 2.87. The Bertz CT molecular complexity index is 527. The number of rotatable bonds is 1. The Balaban J connectivity index is 1.85. The van der Waals surface area contributed by atoms with Crippen molar-refractivity contribution < 1.29 is 0 Å². The molecule has 0 radical (unpaired) electrons. The number of anilines is 1. The quantitative estimate of drug-likeness (QED) is 0.789. The van der Waals surface area contributed by atoms with Gasteiger partial charge in [-0.1, -0.05) is 0 Å². The van der Waals surface area contributed by atoms with E-state index in [0.29, 0.717) is 0 Å². The summed E-state index contributed by atoms with van der Waals surface area (Å²) in [5.74, 6) is 1.14. The predicted molar refractivity (Wildman–Crippen MR) is 71.6 cm³/mol. The summed E-state index contributed by atoms with van der Waals surface area (Å²) in [5, 5.41) is 6.86. The minimum absolute atomic E-state index is 0.975. The van der Waals surface area contributed by atoms with Gasteiger partial charge in [0.2, 0.25) is 0 Å². The van der Waals surface area contributed by atoms with Crippen molar-refractivity contribution in [3.05, 3.63) is 29.6 Å². The number of aliphatic imine (C=N–C) groups is 1. The molecule has 16 heavy (non-hydrogen) atoms. The van der Waals surface area contributed by atoms with Crippen LogP contribution in [0.4, 0.5) is 5.69 Å². The summed E-state index contributed by atoms with van der Waals surface area (Å²) in [4.78, 5) is 4.50. The Morgan fingerprint density at radius 3 is 3.06 bits per heavy atom. The molecule has 0 saturated heterocycles. The molecule has 0 saturated carbocycles. The van der Waals surface area contributed by atoms with Gasteiger partial charge in [-0.2, -0.15) is 0 Å². The fourth-order valence-corrected chi connectivity index (χ4v) is 2.78.